The van der Waals surface area contributed by atoms with Crippen molar-refractivity contribution in [2.45, 2.75) is 6.54 Å². The Bertz CT molecular complexity index is 885. The van der Waals surface area contributed by atoms with Crippen LogP contribution in [0.15, 0.2) is 66.9 Å². The number of carbonyl (C=O) groups is 1. The summed E-state index contributed by atoms with van der Waals surface area (Å²) in [7, 11) is 0. The van der Waals surface area contributed by atoms with Crippen molar-refractivity contribution in [3.8, 4) is 0 Å². The molecule has 1 aromatic heterocycles. The highest BCUT2D eigenvalue weighted by molar-refractivity contribution is 6.36. The highest BCUT2D eigenvalue weighted by Gasteiger charge is 2.11. The SMILES string of the molecule is O=C(Nc1ccc(Cl)cc1Cl)c1cc(NCc2ccccc2)ccn1. The highest BCUT2D eigenvalue weighted by Crippen LogP contribution is 2.25. The van der Waals surface area contributed by atoms with Gasteiger partial charge in [0.25, 0.3) is 5.91 Å². The van der Waals surface area contributed by atoms with Crippen molar-refractivity contribution < 1.29 is 4.79 Å². The number of amides is 1. The Morgan fingerprint density at radius 1 is 1.00 bits per heavy atom. The standard InChI is InChI=1S/C19H15Cl2N3O/c20-14-6-7-17(16(21)10-14)24-19(25)18-11-15(8-9-22-18)23-12-13-4-2-1-3-5-13/h1-11H,12H2,(H,22,23)(H,24,25). The summed E-state index contributed by atoms with van der Waals surface area (Å²) in [5, 5.41) is 6.89. The minimum atomic E-state index is -0.340. The average molecular weight is 372 g/mol. The van der Waals surface area contributed by atoms with Crippen LogP contribution in [-0.4, -0.2) is 10.9 Å². The summed E-state index contributed by atoms with van der Waals surface area (Å²) in [4.78, 5) is 16.5. The van der Waals surface area contributed by atoms with E-state index in [1.165, 1.54) is 0 Å². The van der Waals surface area contributed by atoms with Gasteiger partial charge in [0.1, 0.15) is 5.69 Å². The molecule has 4 nitrogen and oxygen atoms in total. The van der Waals surface area contributed by atoms with Gasteiger partial charge in [-0.15, -0.1) is 0 Å². The highest BCUT2D eigenvalue weighted by atomic mass is 35.5. The lowest BCUT2D eigenvalue weighted by Crippen LogP contribution is -2.14. The number of hydrogen-bond donors (Lipinski definition) is 2. The van der Waals surface area contributed by atoms with E-state index in [0.29, 0.717) is 28.0 Å². The van der Waals surface area contributed by atoms with E-state index in [0.717, 1.165) is 11.3 Å². The predicted molar refractivity (Wildman–Crippen MR) is 102 cm³/mol. The zero-order chi connectivity index (χ0) is 17.6. The number of aromatic nitrogens is 1. The van der Waals surface area contributed by atoms with Crippen molar-refractivity contribution in [2.75, 3.05) is 10.6 Å². The fraction of sp³-hybridized carbons (Fsp3) is 0.0526. The Labute approximate surface area is 155 Å². The zero-order valence-electron chi connectivity index (χ0n) is 13.2. The van der Waals surface area contributed by atoms with Gasteiger partial charge in [-0.05, 0) is 35.9 Å². The van der Waals surface area contributed by atoms with E-state index in [-0.39, 0.29) is 5.91 Å². The molecule has 0 radical (unpaired) electrons. The Hall–Kier alpha value is -2.56. The molecule has 0 saturated heterocycles. The molecule has 3 rings (SSSR count). The molecule has 0 bridgehead atoms. The van der Waals surface area contributed by atoms with Crippen LogP contribution < -0.4 is 10.6 Å². The second kappa shape index (κ2) is 8.01. The van der Waals surface area contributed by atoms with Crippen molar-refractivity contribution in [3.63, 3.8) is 0 Å². The van der Waals surface area contributed by atoms with Crippen LogP contribution in [0.5, 0.6) is 0 Å². The van der Waals surface area contributed by atoms with E-state index >= 15 is 0 Å². The number of pyridine rings is 1. The number of anilines is 2. The Kier molecular flexibility index (Phi) is 5.53. The predicted octanol–water partition coefficient (Wildman–Crippen LogP) is 5.25. The topological polar surface area (TPSA) is 54.0 Å². The van der Waals surface area contributed by atoms with E-state index in [1.807, 2.05) is 36.4 Å². The number of benzene rings is 2. The summed E-state index contributed by atoms with van der Waals surface area (Å²) < 4.78 is 0. The lowest BCUT2D eigenvalue weighted by Gasteiger charge is -2.09. The van der Waals surface area contributed by atoms with Gasteiger partial charge < -0.3 is 10.6 Å². The van der Waals surface area contributed by atoms with Gasteiger partial charge in [0.05, 0.1) is 10.7 Å². The van der Waals surface area contributed by atoms with Crippen molar-refractivity contribution in [1.82, 2.24) is 4.98 Å². The van der Waals surface area contributed by atoms with E-state index in [9.17, 15) is 4.79 Å². The molecule has 0 saturated carbocycles. The molecule has 1 amide bonds. The van der Waals surface area contributed by atoms with Crippen LogP contribution in [0.4, 0.5) is 11.4 Å². The molecule has 0 atom stereocenters. The molecule has 2 N–H and O–H groups in total. The molecule has 0 fully saturated rings. The van der Waals surface area contributed by atoms with Gasteiger partial charge in [-0.25, -0.2) is 0 Å². The first-order chi connectivity index (χ1) is 12.1. The van der Waals surface area contributed by atoms with Crippen molar-refractivity contribution in [1.29, 1.82) is 0 Å². The maximum atomic E-state index is 12.4. The smallest absolute Gasteiger partial charge is 0.274 e. The maximum absolute atomic E-state index is 12.4. The third-order valence-corrected chi connectivity index (χ3v) is 4.06. The van der Waals surface area contributed by atoms with Crippen LogP contribution >= 0.6 is 23.2 Å². The monoisotopic (exact) mass is 371 g/mol. The molecule has 6 heteroatoms. The second-order valence-corrected chi connectivity index (χ2v) is 6.19. The summed E-state index contributed by atoms with van der Waals surface area (Å²) in [6.45, 7) is 0.662. The van der Waals surface area contributed by atoms with Gasteiger partial charge in [0.2, 0.25) is 0 Å². The maximum Gasteiger partial charge on any atom is 0.274 e. The van der Waals surface area contributed by atoms with Crippen LogP contribution in [0, 0.1) is 0 Å². The van der Waals surface area contributed by atoms with Crippen molar-refractivity contribution >= 4 is 40.5 Å². The van der Waals surface area contributed by atoms with Crippen molar-refractivity contribution in [3.05, 3.63) is 88.2 Å². The fourth-order valence-corrected chi connectivity index (χ4v) is 2.70. The van der Waals surface area contributed by atoms with Gasteiger partial charge >= 0.3 is 0 Å². The number of nitrogens with one attached hydrogen (secondary N) is 2. The quantitative estimate of drug-likeness (QED) is 0.643. The largest absolute Gasteiger partial charge is 0.381 e. The van der Waals surface area contributed by atoms with Gasteiger partial charge in [-0.3, -0.25) is 9.78 Å². The van der Waals surface area contributed by atoms with Gasteiger partial charge in [-0.2, -0.15) is 0 Å². The number of nitrogens with zero attached hydrogens (tertiary/aromatic N) is 1. The average Bonchev–Trinajstić information content (AvgIpc) is 2.63. The Balaban J connectivity index is 1.69. The van der Waals surface area contributed by atoms with Crippen LogP contribution in [0.3, 0.4) is 0 Å². The van der Waals surface area contributed by atoms with Gasteiger partial charge in [-0.1, -0.05) is 53.5 Å². The summed E-state index contributed by atoms with van der Waals surface area (Å²) >= 11 is 11.9. The minimum absolute atomic E-state index is 0.295. The third-order valence-electron chi connectivity index (χ3n) is 3.51. The number of hydrogen-bond acceptors (Lipinski definition) is 3. The van der Waals surface area contributed by atoms with E-state index in [4.69, 9.17) is 23.2 Å². The molecule has 2 aromatic carbocycles. The van der Waals surface area contributed by atoms with E-state index < -0.39 is 0 Å². The second-order valence-electron chi connectivity index (χ2n) is 5.35. The number of halogens is 2. The summed E-state index contributed by atoms with van der Waals surface area (Å²) in [5.41, 5.74) is 2.74. The molecule has 3 aromatic rings. The normalized spacial score (nSPS) is 10.3. The lowest BCUT2D eigenvalue weighted by molar-refractivity contribution is 0.102. The molecule has 25 heavy (non-hydrogen) atoms. The molecule has 0 spiro atoms. The van der Waals surface area contributed by atoms with Crippen molar-refractivity contribution in [2.24, 2.45) is 0 Å². The van der Waals surface area contributed by atoms with E-state index in [2.05, 4.69) is 15.6 Å². The van der Waals surface area contributed by atoms with Crippen LogP contribution in [0.25, 0.3) is 0 Å². The molecule has 0 unspecified atom stereocenters. The lowest BCUT2D eigenvalue weighted by atomic mass is 10.2. The van der Waals surface area contributed by atoms with Crippen LogP contribution in [0.2, 0.25) is 10.0 Å². The Morgan fingerprint density at radius 3 is 2.56 bits per heavy atom. The van der Waals surface area contributed by atoms with Crippen LogP contribution in [-0.2, 0) is 6.54 Å². The first kappa shape index (κ1) is 17.3. The Morgan fingerprint density at radius 2 is 1.80 bits per heavy atom. The molecule has 126 valence electrons. The third kappa shape index (κ3) is 4.72. The zero-order valence-corrected chi connectivity index (χ0v) is 14.7. The molecule has 1 heterocycles. The van der Waals surface area contributed by atoms with Gasteiger partial charge in [0, 0.05) is 23.5 Å². The first-order valence-electron chi connectivity index (χ1n) is 7.62. The molecule has 0 aliphatic carbocycles. The first-order valence-corrected chi connectivity index (χ1v) is 8.38. The molecular weight excluding hydrogens is 357 g/mol. The number of carbonyl (C=O) groups excluding carboxylic acids is 1. The minimum Gasteiger partial charge on any atom is -0.381 e. The summed E-state index contributed by atoms with van der Waals surface area (Å²) in [5.74, 6) is -0.340. The molecule has 0 aliphatic rings. The fourth-order valence-electron chi connectivity index (χ4n) is 2.24. The van der Waals surface area contributed by atoms with Gasteiger partial charge in [0.15, 0.2) is 0 Å². The number of rotatable bonds is 5. The van der Waals surface area contributed by atoms with Crippen LogP contribution in [0.1, 0.15) is 16.1 Å². The molecule has 0 aliphatic heterocycles. The van der Waals surface area contributed by atoms with E-state index in [1.54, 1.807) is 30.5 Å². The summed E-state index contributed by atoms with van der Waals surface area (Å²) in [6, 6.07) is 18.4. The molecular formula is C19H15Cl2N3O. The summed E-state index contributed by atoms with van der Waals surface area (Å²) in [6.07, 6.45) is 1.59.